The largest absolute Gasteiger partial charge is 0.374 e. The van der Waals surface area contributed by atoms with Gasteiger partial charge in [0, 0.05) is 35.3 Å². The van der Waals surface area contributed by atoms with E-state index in [1.54, 1.807) is 36.7 Å². The van der Waals surface area contributed by atoms with E-state index in [1.165, 1.54) is 24.5 Å². The number of hydrogen-bond acceptors (Lipinski definition) is 7. The van der Waals surface area contributed by atoms with Crippen molar-refractivity contribution in [2.75, 3.05) is 5.32 Å². The van der Waals surface area contributed by atoms with Crippen LogP contribution in [-0.4, -0.2) is 46.5 Å². The number of aromatic nitrogens is 7. The van der Waals surface area contributed by atoms with Crippen LogP contribution in [0.25, 0.3) is 56.0 Å². The van der Waals surface area contributed by atoms with Crippen LogP contribution in [0.2, 0.25) is 0 Å². The molecule has 0 saturated heterocycles. The number of nitrogens with zero attached hydrogens (tertiary/aromatic N) is 5. The summed E-state index contributed by atoms with van der Waals surface area (Å²) in [4.78, 5) is 20.6. The first-order chi connectivity index (χ1) is 18.5. The molecule has 6 rings (SSSR count). The third-order valence-electron chi connectivity index (χ3n) is 6.22. The summed E-state index contributed by atoms with van der Waals surface area (Å²) >= 11 is 0. The van der Waals surface area contributed by atoms with Gasteiger partial charge < -0.3 is 15.4 Å². The molecule has 0 bridgehead atoms. The maximum absolute atomic E-state index is 16.0. The summed E-state index contributed by atoms with van der Waals surface area (Å²) in [5.41, 5.74) is 4.02. The van der Waals surface area contributed by atoms with Crippen molar-refractivity contribution >= 4 is 27.9 Å². The van der Waals surface area contributed by atoms with E-state index >= 15 is 4.39 Å². The van der Waals surface area contributed by atoms with Gasteiger partial charge in [-0.05, 0) is 36.2 Å². The zero-order valence-electron chi connectivity index (χ0n) is 20.2. The van der Waals surface area contributed by atoms with E-state index in [2.05, 4.69) is 40.4 Å². The zero-order valence-corrected chi connectivity index (χ0v) is 20.2. The van der Waals surface area contributed by atoms with E-state index < -0.39 is 12.0 Å². The average molecular weight is 513 g/mol. The predicted molar refractivity (Wildman–Crippen MR) is 140 cm³/mol. The Bertz CT molecular complexity index is 1780. The highest BCUT2D eigenvalue weighted by molar-refractivity contribution is 5.96. The second kappa shape index (κ2) is 9.60. The fourth-order valence-corrected chi connectivity index (χ4v) is 4.44. The molecule has 4 N–H and O–H groups in total. The van der Waals surface area contributed by atoms with E-state index in [1.807, 2.05) is 6.92 Å². The molecule has 0 aliphatic heterocycles. The van der Waals surface area contributed by atoms with Gasteiger partial charge in [-0.15, -0.1) is 0 Å². The lowest BCUT2D eigenvalue weighted by Gasteiger charge is -2.13. The normalized spacial score (nSPS) is 12.3. The molecular formula is C27H22F2N8O. The van der Waals surface area contributed by atoms with Crippen LogP contribution in [-0.2, 0) is 0 Å². The van der Waals surface area contributed by atoms with E-state index in [9.17, 15) is 9.50 Å². The number of imidazole rings is 1. The van der Waals surface area contributed by atoms with Gasteiger partial charge in [-0.25, -0.2) is 23.7 Å². The summed E-state index contributed by atoms with van der Waals surface area (Å²) in [5, 5.41) is 20.2. The van der Waals surface area contributed by atoms with E-state index in [0.717, 1.165) is 6.42 Å². The van der Waals surface area contributed by atoms with Gasteiger partial charge in [0.1, 0.15) is 29.1 Å². The maximum atomic E-state index is 16.0. The number of rotatable bonds is 7. The smallest absolute Gasteiger partial charge is 0.161 e. The molecule has 0 spiro atoms. The molecule has 0 aliphatic carbocycles. The molecule has 0 saturated carbocycles. The van der Waals surface area contributed by atoms with E-state index in [0.29, 0.717) is 40.0 Å². The lowest BCUT2D eigenvalue weighted by atomic mass is 10.1. The van der Waals surface area contributed by atoms with Gasteiger partial charge >= 0.3 is 0 Å². The minimum absolute atomic E-state index is 0.151. The molecule has 190 valence electrons. The number of fused-ring (bicyclic) bond motifs is 2. The van der Waals surface area contributed by atoms with Crippen molar-refractivity contribution in [3.63, 3.8) is 0 Å². The minimum Gasteiger partial charge on any atom is -0.374 e. The van der Waals surface area contributed by atoms with Crippen molar-refractivity contribution in [2.24, 2.45) is 0 Å². The number of aliphatic hydroxyl groups excluding tert-OH is 1. The van der Waals surface area contributed by atoms with Gasteiger partial charge in [0.05, 0.1) is 17.3 Å². The third kappa shape index (κ3) is 4.22. The number of hydrogen-bond donors (Lipinski definition) is 4. The topological polar surface area (TPSA) is 128 Å². The van der Waals surface area contributed by atoms with Gasteiger partial charge in [0.2, 0.25) is 0 Å². The van der Waals surface area contributed by atoms with Crippen molar-refractivity contribution in [2.45, 2.75) is 26.0 Å². The summed E-state index contributed by atoms with van der Waals surface area (Å²) in [6, 6.07) is 9.64. The van der Waals surface area contributed by atoms with Gasteiger partial charge in [-0.2, -0.15) is 5.10 Å². The lowest BCUT2D eigenvalue weighted by Crippen LogP contribution is -2.18. The Labute approximate surface area is 215 Å². The molecule has 5 aromatic heterocycles. The fourth-order valence-electron chi connectivity index (χ4n) is 4.44. The molecule has 9 nitrogen and oxygen atoms in total. The Kier molecular flexibility index (Phi) is 5.97. The Morgan fingerprint density at radius 2 is 1.89 bits per heavy atom. The molecule has 0 aliphatic rings. The van der Waals surface area contributed by atoms with Crippen LogP contribution in [0.3, 0.4) is 0 Å². The first kappa shape index (κ1) is 23.6. The Hall–Kier alpha value is -4.77. The van der Waals surface area contributed by atoms with Crippen LogP contribution in [0.15, 0.2) is 61.2 Å². The van der Waals surface area contributed by atoms with Crippen molar-refractivity contribution < 1.29 is 13.9 Å². The monoisotopic (exact) mass is 512 g/mol. The first-order valence-corrected chi connectivity index (χ1v) is 12.1. The zero-order chi connectivity index (χ0) is 26.2. The molecule has 0 fully saturated rings. The second-order valence-corrected chi connectivity index (χ2v) is 8.84. The highest BCUT2D eigenvalue weighted by atomic mass is 19.1. The molecule has 6 aromatic rings. The van der Waals surface area contributed by atoms with Crippen LogP contribution in [0.1, 0.15) is 19.8 Å². The number of anilines is 1. The summed E-state index contributed by atoms with van der Waals surface area (Å²) in [6.45, 7) is 1.97. The minimum atomic E-state index is -0.734. The molecule has 1 unspecified atom stereocenters. The number of nitrogens with one attached hydrogen (secondary N) is 3. The molecule has 0 radical (unpaired) electrons. The van der Waals surface area contributed by atoms with Crippen molar-refractivity contribution in [3.8, 4) is 33.8 Å². The maximum Gasteiger partial charge on any atom is 0.161 e. The molecule has 11 heteroatoms. The Balaban J connectivity index is 1.44. The fraction of sp³-hybridized carbons (Fsp3) is 0.148. The van der Waals surface area contributed by atoms with Gasteiger partial charge in [0.15, 0.2) is 17.1 Å². The summed E-state index contributed by atoms with van der Waals surface area (Å²) in [7, 11) is 0. The Morgan fingerprint density at radius 1 is 1.00 bits per heavy atom. The second-order valence-electron chi connectivity index (χ2n) is 8.84. The number of halogens is 2. The predicted octanol–water partition coefficient (Wildman–Crippen LogP) is 5.43. The van der Waals surface area contributed by atoms with E-state index in [4.69, 9.17) is 0 Å². The number of pyridine rings is 3. The highest BCUT2D eigenvalue weighted by Crippen LogP contribution is 2.34. The standard InChI is InChI=1S/C27H22F2N8O/c1-2-4-20(38)33-17-10-15(11-30-12-17)19-13-32-25-21(22(19)29)24(36-37-25)27-34-23-18(7-8-31-26(23)35-27)14-5-3-6-16(28)9-14/h3,5-13,20,33,38H,2,4H2,1H3,(H,31,34,35)(H,32,36,37). The molecule has 0 amide bonds. The van der Waals surface area contributed by atoms with Crippen LogP contribution in [0, 0.1) is 11.6 Å². The summed E-state index contributed by atoms with van der Waals surface area (Å²) < 4.78 is 29.9. The van der Waals surface area contributed by atoms with E-state index in [-0.39, 0.29) is 33.9 Å². The van der Waals surface area contributed by atoms with Gasteiger partial charge in [-0.1, -0.05) is 25.5 Å². The van der Waals surface area contributed by atoms with Crippen molar-refractivity contribution in [1.29, 1.82) is 0 Å². The lowest BCUT2D eigenvalue weighted by molar-refractivity contribution is 0.192. The summed E-state index contributed by atoms with van der Waals surface area (Å²) in [6.07, 6.45) is 6.73. The van der Waals surface area contributed by atoms with Crippen molar-refractivity contribution in [3.05, 3.63) is 72.8 Å². The third-order valence-corrected chi connectivity index (χ3v) is 6.22. The highest BCUT2D eigenvalue weighted by Gasteiger charge is 2.22. The Morgan fingerprint density at radius 3 is 2.74 bits per heavy atom. The number of aliphatic hydroxyl groups is 1. The number of aromatic amines is 2. The molecule has 1 atom stereocenters. The SMILES string of the molecule is CCCC(O)Nc1cncc(-c2cnc3[nH]nc(-c4nc5c(-c6cccc(F)c6)ccnc5[nH]4)c3c2F)c1. The van der Waals surface area contributed by atoms with Crippen molar-refractivity contribution in [1.82, 2.24) is 35.1 Å². The molecule has 1 aromatic carbocycles. The molecular weight excluding hydrogens is 490 g/mol. The first-order valence-electron chi connectivity index (χ1n) is 12.1. The van der Waals surface area contributed by atoms with Crippen LogP contribution >= 0.6 is 0 Å². The van der Waals surface area contributed by atoms with Crippen LogP contribution < -0.4 is 5.32 Å². The molecule has 5 heterocycles. The number of H-pyrrole nitrogens is 2. The van der Waals surface area contributed by atoms with Gasteiger partial charge in [-0.3, -0.25) is 10.1 Å². The quantitative estimate of drug-likeness (QED) is 0.210. The molecule has 38 heavy (non-hydrogen) atoms. The van der Waals surface area contributed by atoms with Crippen LogP contribution in [0.5, 0.6) is 0 Å². The summed E-state index contributed by atoms with van der Waals surface area (Å²) in [5.74, 6) is -0.627. The number of benzene rings is 1. The average Bonchev–Trinajstić information content (AvgIpc) is 3.54. The van der Waals surface area contributed by atoms with Crippen LogP contribution in [0.4, 0.5) is 14.5 Å². The van der Waals surface area contributed by atoms with Gasteiger partial charge in [0.25, 0.3) is 0 Å².